The van der Waals surface area contributed by atoms with E-state index in [4.69, 9.17) is 0 Å². The Kier molecular flexibility index (Phi) is 4.58. The van der Waals surface area contributed by atoms with E-state index in [1.54, 1.807) is 13.0 Å². The Hall–Kier alpha value is -2.33. The van der Waals surface area contributed by atoms with Crippen LogP contribution in [-0.4, -0.2) is 10.5 Å². The number of hydrogen-bond acceptors (Lipinski definition) is 2. The quantitative estimate of drug-likeness (QED) is 0.680. The molecule has 0 fully saturated rings. The van der Waals surface area contributed by atoms with Gasteiger partial charge in [-0.15, -0.1) is 0 Å². The molecule has 0 saturated carbocycles. The van der Waals surface area contributed by atoms with Crippen molar-refractivity contribution in [1.82, 2.24) is 4.57 Å². The molecule has 0 radical (unpaired) electrons. The number of carbonyl (C=O) groups excluding carboxylic acids is 1. The Balaban J connectivity index is 2.22. The second kappa shape index (κ2) is 6.65. The van der Waals surface area contributed by atoms with Gasteiger partial charge < -0.3 is 14.5 Å². The summed E-state index contributed by atoms with van der Waals surface area (Å²) in [5.74, 6) is -1.16. The summed E-state index contributed by atoms with van der Waals surface area (Å²) in [6.07, 6.45) is 0.967. The highest BCUT2D eigenvalue weighted by Crippen LogP contribution is 2.30. The van der Waals surface area contributed by atoms with Crippen LogP contribution in [0.15, 0.2) is 59.1 Å². The summed E-state index contributed by atoms with van der Waals surface area (Å²) in [5.41, 5.74) is 4.85. The minimum atomic E-state index is -1.16. The lowest BCUT2D eigenvalue weighted by molar-refractivity contribution is -0.255. The van der Waals surface area contributed by atoms with E-state index >= 15 is 0 Å². The van der Waals surface area contributed by atoms with Crippen LogP contribution in [-0.2, 0) is 6.42 Å². The molecule has 0 aliphatic carbocycles. The Morgan fingerprint density at radius 3 is 2.25 bits per heavy atom. The maximum absolute atomic E-state index is 11.5. The Morgan fingerprint density at radius 1 is 1.08 bits per heavy atom. The fourth-order valence-corrected chi connectivity index (χ4v) is 3.12. The molecule has 3 nitrogen and oxygen atoms in total. The molecule has 0 amide bonds. The predicted octanol–water partition coefficient (Wildman–Crippen LogP) is 4.14. The van der Waals surface area contributed by atoms with Crippen LogP contribution < -0.4 is 5.11 Å². The van der Waals surface area contributed by atoms with Crippen LogP contribution in [0.2, 0.25) is 0 Å². The molecule has 3 rings (SSSR count). The third-order valence-electron chi connectivity index (χ3n) is 4.21. The molecule has 0 N–H and O–H groups in total. The number of carboxylic acids is 1. The first-order valence-corrected chi connectivity index (χ1v) is 8.59. The van der Waals surface area contributed by atoms with E-state index in [0.717, 1.165) is 27.8 Å². The molecular formula is C20H17BrNO2-. The zero-order valence-corrected chi connectivity index (χ0v) is 15.1. The van der Waals surface area contributed by atoms with Crippen molar-refractivity contribution in [2.45, 2.75) is 20.3 Å². The number of hydrogen-bond donors (Lipinski definition) is 0. The van der Waals surface area contributed by atoms with Gasteiger partial charge in [-0.2, -0.15) is 0 Å². The maximum Gasteiger partial charge on any atom is 0.0733 e. The molecule has 0 saturated heterocycles. The Morgan fingerprint density at radius 2 is 1.71 bits per heavy atom. The lowest BCUT2D eigenvalue weighted by atomic mass is 10.1. The van der Waals surface area contributed by atoms with Crippen molar-refractivity contribution < 1.29 is 9.90 Å². The Bertz CT molecular complexity index is 877. The first-order chi connectivity index (χ1) is 11.5. The van der Waals surface area contributed by atoms with E-state index in [9.17, 15) is 9.90 Å². The molecule has 0 aliphatic rings. The maximum atomic E-state index is 11.5. The number of aromatic nitrogens is 1. The van der Waals surface area contributed by atoms with Crippen molar-refractivity contribution in [2.24, 2.45) is 0 Å². The minimum absolute atomic E-state index is 0.215. The van der Waals surface area contributed by atoms with Crippen LogP contribution in [0.1, 0.15) is 28.5 Å². The molecule has 122 valence electrons. The number of benzene rings is 2. The van der Waals surface area contributed by atoms with Crippen LogP contribution in [0.25, 0.3) is 16.9 Å². The zero-order valence-electron chi connectivity index (χ0n) is 13.5. The van der Waals surface area contributed by atoms with Gasteiger partial charge in [0.25, 0.3) is 0 Å². The predicted molar refractivity (Wildman–Crippen MR) is 97.4 cm³/mol. The van der Waals surface area contributed by atoms with E-state index in [2.05, 4.69) is 35.0 Å². The fraction of sp³-hybridized carbons (Fsp3) is 0.150. The highest BCUT2D eigenvalue weighted by Gasteiger charge is 2.15. The van der Waals surface area contributed by atoms with Gasteiger partial charge in [0, 0.05) is 21.4 Å². The van der Waals surface area contributed by atoms with E-state index in [-0.39, 0.29) is 5.56 Å². The van der Waals surface area contributed by atoms with Crippen molar-refractivity contribution in [2.75, 3.05) is 0 Å². The van der Waals surface area contributed by atoms with E-state index in [0.29, 0.717) is 5.69 Å². The molecule has 1 heterocycles. The van der Waals surface area contributed by atoms with Crippen molar-refractivity contribution in [3.05, 3.63) is 75.9 Å². The Labute approximate surface area is 149 Å². The molecule has 0 unspecified atom stereocenters. The number of nitrogens with zero attached hydrogens (tertiary/aromatic N) is 1. The van der Waals surface area contributed by atoms with Gasteiger partial charge in [-0.25, -0.2) is 0 Å². The lowest BCUT2D eigenvalue weighted by Gasteiger charge is -2.13. The van der Waals surface area contributed by atoms with Crippen molar-refractivity contribution in [1.29, 1.82) is 0 Å². The average Bonchev–Trinajstić information content (AvgIpc) is 2.93. The van der Waals surface area contributed by atoms with Gasteiger partial charge in [0.1, 0.15) is 0 Å². The third-order valence-corrected chi connectivity index (χ3v) is 4.74. The average molecular weight is 383 g/mol. The zero-order chi connectivity index (χ0) is 17.3. The van der Waals surface area contributed by atoms with Crippen molar-refractivity contribution >= 4 is 21.9 Å². The summed E-state index contributed by atoms with van der Waals surface area (Å²) in [6.45, 7) is 3.92. The molecule has 1 aromatic heterocycles. The fourth-order valence-electron chi connectivity index (χ4n) is 2.86. The summed E-state index contributed by atoms with van der Waals surface area (Å²) >= 11 is 3.43. The van der Waals surface area contributed by atoms with Gasteiger partial charge in [-0.05, 0) is 54.8 Å². The van der Waals surface area contributed by atoms with Gasteiger partial charge in [-0.3, -0.25) is 0 Å². The van der Waals surface area contributed by atoms with Gasteiger partial charge in [0.15, 0.2) is 0 Å². The molecule has 2 aromatic carbocycles. The lowest BCUT2D eigenvalue weighted by Crippen LogP contribution is -2.22. The van der Waals surface area contributed by atoms with Crippen LogP contribution in [0, 0.1) is 6.92 Å². The summed E-state index contributed by atoms with van der Waals surface area (Å²) in [6, 6.07) is 17.7. The number of carboxylic acid groups (broad SMARTS) is 1. The normalized spacial score (nSPS) is 10.8. The molecular weight excluding hydrogens is 366 g/mol. The van der Waals surface area contributed by atoms with Crippen LogP contribution >= 0.6 is 15.9 Å². The summed E-state index contributed by atoms with van der Waals surface area (Å²) < 4.78 is 2.95. The van der Waals surface area contributed by atoms with Gasteiger partial charge in [-0.1, -0.05) is 47.1 Å². The second-order valence-electron chi connectivity index (χ2n) is 5.68. The molecule has 0 atom stereocenters. The highest BCUT2D eigenvalue weighted by molar-refractivity contribution is 9.10. The SMILES string of the molecule is CCc1ccc(-n2c(-c3ccc(Br)cc3)cc(C(=O)[O-])c2C)cc1. The highest BCUT2D eigenvalue weighted by atomic mass is 79.9. The molecule has 4 heteroatoms. The first-order valence-electron chi connectivity index (χ1n) is 7.80. The smallest absolute Gasteiger partial charge is 0.0733 e. The van der Waals surface area contributed by atoms with E-state index in [1.807, 2.05) is 41.0 Å². The second-order valence-corrected chi connectivity index (χ2v) is 6.59. The monoisotopic (exact) mass is 382 g/mol. The summed E-state index contributed by atoms with van der Waals surface area (Å²) in [7, 11) is 0. The van der Waals surface area contributed by atoms with Crippen molar-refractivity contribution in [3.63, 3.8) is 0 Å². The number of aromatic carboxylic acids is 1. The summed E-state index contributed by atoms with van der Waals surface area (Å²) in [4.78, 5) is 11.5. The molecule has 24 heavy (non-hydrogen) atoms. The minimum Gasteiger partial charge on any atom is -0.545 e. The number of halogens is 1. The molecule has 3 aromatic rings. The molecule has 0 spiro atoms. The number of rotatable bonds is 4. The van der Waals surface area contributed by atoms with Gasteiger partial charge in [0.2, 0.25) is 0 Å². The van der Waals surface area contributed by atoms with Gasteiger partial charge in [0.05, 0.1) is 11.7 Å². The largest absolute Gasteiger partial charge is 0.545 e. The van der Waals surface area contributed by atoms with Gasteiger partial charge >= 0.3 is 0 Å². The molecule has 0 aliphatic heterocycles. The van der Waals surface area contributed by atoms with E-state index in [1.165, 1.54) is 5.56 Å². The summed E-state index contributed by atoms with van der Waals surface area (Å²) in [5, 5.41) is 11.5. The number of carbonyl (C=O) groups is 1. The molecule has 0 bridgehead atoms. The topological polar surface area (TPSA) is 45.1 Å². The van der Waals surface area contributed by atoms with Crippen LogP contribution in [0.5, 0.6) is 0 Å². The first kappa shape index (κ1) is 16.5. The number of aryl methyl sites for hydroxylation is 1. The van der Waals surface area contributed by atoms with E-state index < -0.39 is 5.97 Å². The third kappa shape index (κ3) is 3.02. The standard InChI is InChI=1S/C20H18BrNO2/c1-3-14-4-10-17(11-5-14)22-13(2)18(20(23)24)12-19(22)15-6-8-16(21)9-7-15/h4-12H,3H2,1-2H3,(H,23,24)/p-1. The van der Waals surface area contributed by atoms with Crippen LogP contribution in [0.4, 0.5) is 0 Å². The van der Waals surface area contributed by atoms with Crippen molar-refractivity contribution in [3.8, 4) is 16.9 Å². The van der Waals surface area contributed by atoms with Crippen LogP contribution in [0.3, 0.4) is 0 Å².